The average Bonchev–Trinajstić information content (AvgIpc) is 3.30. The van der Waals surface area contributed by atoms with Crippen LogP contribution in [0.15, 0.2) is 23.7 Å². The molecule has 1 aliphatic rings. The lowest BCUT2D eigenvalue weighted by Gasteiger charge is -2.38. The first kappa shape index (κ1) is 19.6. The van der Waals surface area contributed by atoms with Crippen LogP contribution in [0.2, 0.25) is 0 Å². The fourth-order valence-corrected chi connectivity index (χ4v) is 4.25. The standard InChI is InChI=1S/C20H25N3O3S/c1-15(2)18-5-8-23(21-18)20(19(25)26)6-9-22(10-7-20)13-17-12-16(14-27-17)4-3-11-24/h5,8,12,14-15,24H,6-7,9-11,13H2,1-2H3,(H,25,26). The van der Waals surface area contributed by atoms with E-state index >= 15 is 0 Å². The number of aliphatic hydroxyl groups excluding tert-OH is 1. The minimum absolute atomic E-state index is 0.138. The lowest BCUT2D eigenvalue weighted by atomic mass is 9.87. The average molecular weight is 388 g/mol. The van der Waals surface area contributed by atoms with Crippen LogP contribution in [0.4, 0.5) is 0 Å². The van der Waals surface area contributed by atoms with Gasteiger partial charge in [0.25, 0.3) is 0 Å². The van der Waals surface area contributed by atoms with Gasteiger partial charge in [-0.1, -0.05) is 25.7 Å². The number of hydrogen-bond donors (Lipinski definition) is 2. The maximum atomic E-state index is 12.1. The van der Waals surface area contributed by atoms with Crippen molar-refractivity contribution in [1.82, 2.24) is 14.7 Å². The summed E-state index contributed by atoms with van der Waals surface area (Å²) in [6.45, 7) is 6.18. The van der Waals surface area contributed by atoms with Gasteiger partial charge in [0.1, 0.15) is 6.61 Å². The highest BCUT2D eigenvalue weighted by Crippen LogP contribution is 2.32. The summed E-state index contributed by atoms with van der Waals surface area (Å²) in [7, 11) is 0. The van der Waals surface area contributed by atoms with Crippen molar-refractivity contribution in [2.75, 3.05) is 19.7 Å². The lowest BCUT2D eigenvalue weighted by molar-refractivity contribution is -0.151. The Morgan fingerprint density at radius 3 is 2.74 bits per heavy atom. The molecule has 0 radical (unpaired) electrons. The van der Waals surface area contributed by atoms with Crippen LogP contribution in [0.1, 0.15) is 48.7 Å². The summed E-state index contributed by atoms with van der Waals surface area (Å²) in [5, 5.41) is 25.3. The topological polar surface area (TPSA) is 78.6 Å². The quantitative estimate of drug-likeness (QED) is 0.771. The number of nitrogens with zero attached hydrogens (tertiary/aromatic N) is 3. The Balaban J connectivity index is 1.67. The monoisotopic (exact) mass is 387 g/mol. The first-order valence-corrected chi connectivity index (χ1v) is 10.0. The van der Waals surface area contributed by atoms with Crippen LogP contribution >= 0.6 is 11.3 Å². The molecular formula is C20H25N3O3S. The summed E-state index contributed by atoms with van der Waals surface area (Å²) in [5.74, 6) is 5.04. The highest BCUT2D eigenvalue weighted by Gasteiger charge is 2.44. The second kappa shape index (κ2) is 8.26. The maximum Gasteiger partial charge on any atom is 0.331 e. The number of rotatable bonds is 5. The molecule has 1 aliphatic heterocycles. The molecule has 1 saturated heterocycles. The van der Waals surface area contributed by atoms with E-state index in [1.54, 1.807) is 16.0 Å². The van der Waals surface area contributed by atoms with E-state index in [1.165, 1.54) is 4.88 Å². The summed E-state index contributed by atoms with van der Waals surface area (Å²) < 4.78 is 1.66. The van der Waals surface area contributed by atoms with Gasteiger partial charge in [-0.3, -0.25) is 9.58 Å². The van der Waals surface area contributed by atoms with Crippen LogP contribution in [0.5, 0.6) is 0 Å². The zero-order valence-electron chi connectivity index (χ0n) is 15.7. The molecule has 3 rings (SSSR count). The van der Waals surface area contributed by atoms with Crippen molar-refractivity contribution in [1.29, 1.82) is 0 Å². The van der Waals surface area contributed by atoms with Crippen molar-refractivity contribution in [3.63, 3.8) is 0 Å². The molecule has 0 bridgehead atoms. The largest absolute Gasteiger partial charge is 0.479 e. The van der Waals surface area contributed by atoms with Gasteiger partial charge in [-0.25, -0.2) is 4.79 Å². The van der Waals surface area contributed by atoms with Crippen LogP contribution in [-0.2, 0) is 16.9 Å². The third-order valence-electron chi connectivity index (χ3n) is 5.07. The molecule has 0 aromatic carbocycles. The number of hydrogen-bond acceptors (Lipinski definition) is 5. The van der Waals surface area contributed by atoms with Gasteiger partial charge >= 0.3 is 5.97 Å². The Bertz CT molecular complexity index is 851. The van der Waals surface area contributed by atoms with E-state index in [9.17, 15) is 9.90 Å². The van der Waals surface area contributed by atoms with Crippen molar-refractivity contribution in [2.24, 2.45) is 0 Å². The third-order valence-corrected chi connectivity index (χ3v) is 5.99. The number of aliphatic hydroxyl groups is 1. The van der Waals surface area contributed by atoms with Crippen molar-refractivity contribution in [3.05, 3.63) is 39.8 Å². The van der Waals surface area contributed by atoms with Crippen molar-refractivity contribution in [3.8, 4) is 11.8 Å². The second-order valence-electron chi connectivity index (χ2n) is 7.21. The predicted molar refractivity (Wildman–Crippen MR) is 105 cm³/mol. The van der Waals surface area contributed by atoms with Crippen LogP contribution in [0, 0.1) is 11.8 Å². The minimum Gasteiger partial charge on any atom is -0.479 e. The number of piperidine rings is 1. The second-order valence-corrected chi connectivity index (χ2v) is 8.21. The molecule has 2 aromatic heterocycles. The Labute approximate surface area is 163 Å². The fourth-order valence-electron chi connectivity index (χ4n) is 3.40. The van der Waals surface area contributed by atoms with Crippen LogP contribution in [0.3, 0.4) is 0 Å². The molecule has 6 nitrogen and oxygen atoms in total. The van der Waals surface area contributed by atoms with E-state index in [0.29, 0.717) is 25.9 Å². The van der Waals surface area contributed by atoms with E-state index in [2.05, 4.69) is 35.7 Å². The molecular weight excluding hydrogens is 362 g/mol. The third kappa shape index (κ3) is 4.24. The Morgan fingerprint density at radius 1 is 1.41 bits per heavy atom. The van der Waals surface area contributed by atoms with Crippen LogP contribution in [-0.4, -0.2) is 50.6 Å². The number of carboxylic acid groups (broad SMARTS) is 1. The predicted octanol–water partition coefficient (Wildman–Crippen LogP) is 2.49. The summed E-state index contributed by atoms with van der Waals surface area (Å²) in [5.41, 5.74) is 0.878. The highest BCUT2D eigenvalue weighted by atomic mass is 32.1. The van der Waals surface area contributed by atoms with E-state index in [4.69, 9.17) is 5.11 Å². The molecule has 144 valence electrons. The fraction of sp³-hybridized carbons (Fsp3) is 0.500. The zero-order valence-corrected chi connectivity index (χ0v) is 16.5. The highest BCUT2D eigenvalue weighted by molar-refractivity contribution is 7.10. The van der Waals surface area contributed by atoms with Gasteiger partial charge in [0.05, 0.1) is 5.69 Å². The van der Waals surface area contributed by atoms with Crippen LogP contribution in [0.25, 0.3) is 0 Å². The SMILES string of the molecule is CC(C)c1ccn(C2(C(=O)O)CCN(Cc3cc(C#CCO)cs3)CC2)n1. The summed E-state index contributed by atoms with van der Waals surface area (Å²) in [4.78, 5) is 15.6. The molecule has 0 saturated carbocycles. The first-order chi connectivity index (χ1) is 12.9. The molecule has 2 aromatic rings. The van der Waals surface area contributed by atoms with Gasteiger partial charge in [0.15, 0.2) is 5.54 Å². The number of likely N-dealkylation sites (tertiary alicyclic amines) is 1. The molecule has 7 heteroatoms. The summed E-state index contributed by atoms with van der Waals surface area (Å²) in [6.07, 6.45) is 2.87. The Kier molecular flexibility index (Phi) is 6.00. The van der Waals surface area contributed by atoms with Gasteiger partial charge in [-0.05, 0) is 30.9 Å². The van der Waals surface area contributed by atoms with E-state index in [0.717, 1.165) is 17.8 Å². The van der Waals surface area contributed by atoms with Crippen molar-refractivity contribution < 1.29 is 15.0 Å². The number of thiophene rings is 1. The van der Waals surface area contributed by atoms with E-state index < -0.39 is 11.5 Å². The number of aromatic nitrogens is 2. The van der Waals surface area contributed by atoms with Crippen LogP contribution < -0.4 is 0 Å². The molecule has 1 fully saturated rings. The summed E-state index contributed by atoms with van der Waals surface area (Å²) >= 11 is 1.64. The Morgan fingerprint density at radius 2 is 2.15 bits per heavy atom. The van der Waals surface area contributed by atoms with E-state index in [-0.39, 0.29) is 12.5 Å². The lowest BCUT2D eigenvalue weighted by Crippen LogP contribution is -2.51. The van der Waals surface area contributed by atoms with Crippen molar-refractivity contribution in [2.45, 2.75) is 44.7 Å². The van der Waals surface area contributed by atoms with Crippen molar-refractivity contribution >= 4 is 17.3 Å². The Hall–Kier alpha value is -2.14. The molecule has 0 aliphatic carbocycles. The zero-order chi connectivity index (χ0) is 19.4. The normalized spacial score (nSPS) is 16.9. The van der Waals surface area contributed by atoms with Gasteiger partial charge < -0.3 is 10.2 Å². The number of aliphatic carboxylic acids is 1. The molecule has 27 heavy (non-hydrogen) atoms. The number of carboxylic acids is 1. The van der Waals surface area contributed by atoms with Gasteiger partial charge in [0, 0.05) is 41.7 Å². The molecule has 2 N–H and O–H groups in total. The molecule has 0 amide bonds. The maximum absolute atomic E-state index is 12.1. The molecule has 3 heterocycles. The number of carbonyl (C=O) groups is 1. The molecule has 0 spiro atoms. The summed E-state index contributed by atoms with van der Waals surface area (Å²) in [6, 6.07) is 3.96. The molecule has 0 atom stereocenters. The minimum atomic E-state index is -0.961. The van der Waals surface area contributed by atoms with Gasteiger partial charge in [-0.15, -0.1) is 11.3 Å². The van der Waals surface area contributed by atoms with E-state index in [1.807, 2.05) is 23.7 Å². The smallest absolute Gasteiger partial charge is 0.331 e. The molecule has 0 unspecified atom stereocenters. The first-order valence-electron chi connectivity index (χ1n) is 9.13. The van der Waals surface area contributed by atoms with Gasteiger partial charge in [0.2, 0.25) is 0 Å². The van der Waals surface area contributed by atoms with Gasteiger partial charge in [-0.2, -0.15) is 5.10 Å².